The third-order valence-electron chi connectivity index (χ3n) is 3.55. The van der Waals surface area contributed by atoms with Crippen molar-refractivity contribution < 1.29 is 9.53 Å². The molecule has 3 N–H and O–H groups in total. The lowest BCUT2D eigenvalue weighted by molar-refractivity contribution is 0.0712. The zero-order valence-electron chi connectivity index (χ0n) is 12.2. The number of pyridine rings is 1. The summed E-state index contributed by atoms with van der Waals surface area (Å²) < 4.78 is 5.59. The highest BCUT2D eigenvalue weighted by molar-refractivity contribution is 5.95. The van der Waals surface area contributed by atoms with Crippen LogP contribution in [0.3, 0.4) is 0 Å². The highest BCUT2D eigenvalue weighted by atomic mass is 16.5. The summed E-state index contributed by atoms with van der Waals surface area (Å²) in [5, 5.41) is 2.99. The van der Waals surface area contributed by atoms with Gasteiger partial charge in [-0.25, -0.2) is 4.98 Å². The van der Waals surface area contributed by atoms with Gasteiger partial charge in [-0.15, -0.1) is 0 Å². The Morgan fingerprint density at radius 1 is 1.60 bits per heavy atom. The number of anilines is 1. The molecule has 20 heavy (non-hydrogen) atoms. The molecule has 0 spiro atoms. The van der Waals surface area contributed by atoms with E-state index in [4.69, 9.17) is 10.5 Å². The van der Waals surface area contributed by atoms with Gasteiger partial charge >= 0.3 is 0 Å². The second-order valence-corrected chi connectivity index (χ2v) is 5.34. The van der Waals surface area contributed by atoms with Crippen molar-refractivity contribution in [3.8, 4) is 0 Å². The first-order chi connectivity index (χ1) is 9.60. The number of nitrogen functional groups attached to an aromatic ring is 1. The summed E-state index contributed by atoms with van der Waals surface area (Å²) in [5.74, 6) is 0.283. The number of rotatable bonds is 5. The summed E-state index contributed by atoms with van der Waals surface area (Å²) in [6.45, 7) is 4.84. The van der Waals surface area contributed by atoms with Crippen molar-refractivity contribution in [2.75, 3.05) is 12.3 Å². The van der Waals surface area contributed by atoms with Gasteiger partial charge in [-0.2, -0.15) is 0 Å². The quantitative estimate of drug-likeness (QED) is 0.862. The number of carbonyl (C=O) groups excluding carboxylic acids is 1. The van der Waals surface area contributed by atoms with Crippen molar-refractivity contribution in [1.82, 2.24) is 10.3 Å². The average molecular weight is 277 g/mol. The maximum Gasteiger partial charge on any atom is 0.251 e. The molecule has 1 aromatic rings. The van der Waals surface area contributed by atoms with Crippen molar-refractivity contribution in [1.29, 1.82) is 0 Å². The number of amides is 1. The summed E-state index contributed by atoms with van der Waals surface area (Å²) in [7, 11) is 0. The molecule has 0 radical (unpaired) electrons. The van der Waals surface area contributed by atoms with Gasteiger partial charge in [0.25, 0.3) is 5.91 Å². The molecule has 1 aliphatic heterocycles. The zero-order chi connectivity index (χ0) is 14.5. The highest BCUT2D eigenvalue weighted by Gasteiger charge is 2.24. The number of aromatic nitrogens is 1. The standard InChI is InChI=1S/C15H23N3O2/c1-3-5-12-8-11(9-14(16)18-12)15(19)17-10(2)13-6-4-7-20-13/h8-10,13H,3-7H2,1-2H3,(H2,16,18)(H,17,19). The van der Waals surface area contributed by atoms with Gasteiger partial charge in [-0.05, 0) is 38.3 Å². The molecule has 2 atom stereocenters. The van der Waals surface area contributed by atoms with E-state index in [1.54, 1.807) is 6.07 Å². The van der Waals surface area contributed by atoms with Gasteiger partial charge in [-0.3, -0.25) is 4.79 Å². The molecule has 5 heteroatoms. The Labute approximate surface area is 119 Å². The monoisotopic (exact) mass is 277 g/mol. The van der Waals surface area contributed by atoms with Crippen molar-refractivity contribution in [2.24, 2.45) is 0 Å². The molecule has 1 aliphatic rings. The molecule has 0 aliphatic carbocycles. The topological polar surface area (TPSA) is 77.2 Å². The normalized spacial score (nSPS) is 19.8. The molecular formula is C15H23N3O2. The maximum atomic E-state index is 12.3. The van der Waals surface area contributed by atoms with Crippen LogP contribution in [0.15, 0.2) is 12.1 Å². The molecule has 2 unspecified atom stereocenters. The molecule has 5 nitrogen and oxygen atoms in total. The van der Waals surface area contributed by atoms with E-state index in [0.717, 1.165) is 38.0 Å². The van der Waals surface area contributed by atoms with Gasteiger partial charge < -0.3 is 15.8 Å². The van der Waals surface area contributed by atoms with Crippen LogP contribution in [0.1, 0.15) is 49.2 Å². The minimum atomic E-state index is -0.112. The Morgan fingerprint density at radius 3 is 3.05 bits per heavy atom. The predicted molar refractivity (Wildman–Crippen MR) is 78.5 cm³/mol. The maximum absolute atomic E-state index is 12.3. The van der Waals surface area contributed by atoms with Crippen LogP contribution in [0.2, 0.25) is 0 Å². The lowest BCUT2D eigenvalue weighted by Gasteiger charge is -2.20. The Morgan fingerprint density at radius 2 is 2.40 bits per heavy atom. The first-order valence-corrected chi connectivity index (χ1v) is 7.29. The second kappa shape index (κ2) is 6.70. The fourth-order valence-corrected chi connectivity index (χ4v) is 2.51. The molecule has 0 aromatic carbocycles. The first-order valence-electron chi connectivity index (χ1n) is 7.29. The van der Waals surface area contributed by atoms with Gasteiger partial charge in [0.15, 0.2) is 0 Å². The Kier molecular flexibility index (Phi) is 4.95. The van der Waals surface area contributed by atoms with Crippen LogP contribution in [0, 0.1) is 0 Å². The molecule has 0 bridgehead atoms. The fourth-order valence-electron chi connectivity index (χ4n) is 2.51. The summed E-state index contributed by atoms with van der Waals surface area (Å²) in [6, 6.07) is 3.45. The number of nitrogens with one attached hydrogen (secondary N) is 1. The minimum Gasteiger partial charge on any atom is -0.384 e. The third-order valence-corrected chi connectivity index (χ3v) is 3.55. The molecular weight excluding hydrogens is 254 g/mol. The van der Waals surface area contributed by atoms with E-state index >= 15 is 0 Å². The van der Waals surface area contributed by atoms with Crippen molar-refractivity contribution in [3.05, 3.63) is 23.4 Å². The lowest BCUT2D eigenvalue weighted by atomic mass is 10.1. The lowest BCUT2D eigenvalue weighted by Crippen LogP contribution is -2.40. The van der Waals surface area contributed by atoms with E-state index < -0.39 is 0 Å². The Hall–Kier alpha value is -1.62. The van der Waals surface area contributed by atoms with Crippen LogP contribution in [0.25, 0.3) is 0 Å². The van der Waals surface area contributed by atoms with Crippen LogP contribution in [-0.4, -0.2) is 29.6 Å². The van der Waals surface area contributed by atoms with Crippen molar-refractivity contribution in [2.45, 2.75) is 51.7 Å². The van der Waals surface area contributed by atoms with E-state index in [-0.39, 0.29) is 18.1 Å². The third kappa shape index (κ3) is 3.70. The molecule has 110 valence electrons. The minimum absolute atomic E-state index is 0.00835. The average Bonchev–Trinajstić information content (AvgIpc) is 2.92. The molecule has 2 rings (SSSR count). The van der Waals surface area contributed by atoms with Crippen molar-refractivity contribution >= 4 is 11.7 Å². The van der Waals surface area contributed by atoms with Gasteiger partial charge in [0.2, 0.25) is 0 Å². The zero-order valence-corrected chi connectivity index (χ0v) is 12.2. The highest BCUT2D eigenvalue weighted by Crippen LogP contribution is 2.16. The van der Waals surface area contributed by atoms with Crippen LogP contribution in [0.4, 0.5) is 5.82 Å². The number of nitrogens with two attached hydrogens (primary N) is 1. The summed E-state index contributed by atoms with van der Waals surface area (Å²) in [6.07, 6.45) is 3.99. The van der Waals surface area contributed by atoms with E-state index in [0.29, 0.717) is 11.4 Å². The Bertz CT molecular complexity index is 470. The van der Waals surface area contributed by atoms with Crippen LogP contribution in [-0.2, 0) is 11.2 Å². The largest absolute Gasteiger partial charge is 0.384 e. The number of nitrogens with zero attached hydrogens (tertiary/aromatic N) is 1. The second-order valence-electron chi connectivity index (χ2n) is 5.34. The number of ether oxygens (including phenoxy) is 1. The molecule has 1 aromatic heterocycles. The number of hydrogen-bond donors (Lipinski definition) is 2. The summed E-state index contributed by atoms with van der Waals surface area (Å²) >= 11 is 0. The Balaban J connectivity index is 2.04. The van der Waals surface area contributed by atoms with E-state index in [1.165, 1.54) is 0 Å². The van der Waals surface area contributed by atoms with E-state index in [1.807, 2.05) is 13.0 Å². The molecule has 1 saturated heterocycles. The molecule has 1 amide bonds. The number of aryl methyl sites for hydroxylation is 1. The number of carbonyl (C=O) groups is 1. The van der Waals surface area contributed by atoms with E-state index in [9.17, 15) is 4.79 Å². The molecule has 0 saturated carbocycles. The predicted octanol–water partition coefficient (Wildman–Crippen LogP) is 1.91. The smallest absolute Gasteiger partial charge is 0.251 e. The summed E-state index contributed by atoms with van der Waals surface area (Å²) in [5.41, 5.74) is 7.20. The van der Waals surface area contributed by atoms with Crippen LogP contribution < -0.4 is 11.1 Å². The van der Waals surface area contributed by atoms with Crippen LogP contribution in [0.5, 0.6) is 0 Å². The fraction of sp³-hybridized carbons (Fsp3) is 0.600. The van der Waals surface area contributed by atoms with Crippen molar-refractivity contribution in [3.63, 3.8) is 0 Å². The van der Waals surface area contributed by atoms with E-state index in [2.05, 4.69) is 17.2 Å². The first kappa shape index (κ1) is 14.8. The van der Waals surface area contributed by atoms with Gasteiger partial charge in [-0.1, -0.05) is 13.3 Å². The van der Waals surface area contributed by atoms with Crippen LogP contribution >= 0.6 is 0 Å². The number of hydrogen-bond acceptors (Lipinski definition) is 4. The molecule has 1 fully saturated rings. The van der Waals surface area contributed by atoms with Gasteiger partial charge in [0.05, 0.1) is 12.1 Å². The summed E-state index contributed by atoms with van der Waals surface area (Å²) in [4.78, 5) is 16.5. The SMILES string of the molecule is CCCc1cc(C(=O)NC(C)C2CCCO2)cc(N)n1. The molecule has 2 heterocycles. The van der Waals surface area contributed by atoms with Gasteiger partial charge in [0.1, 0.15) is 5.82 Å². The van der Waals surface area contributed by atoms with Gasteiger partial charge in [0, 0.05) is 17.9 Å².